The average Bonchev–Trinajstić information content (AvgIpc) is 3.09. The molecule has 1 amide bonds. The van der Waals surface area contributed by atoms with Crippen molar-refractivity contribution in [2.24, 2.45) is 0 Å². The van der Waals surface area contributed by atoms with Gasteiger partial charge >= 0.3 is 6.18 Å². The maximum atomic E-state index is 12.7. The highest BCUT2D eigenvalue weighted by Gasteiger charge is 2.31. The first-order valence-electron chi connectivity index (χ1n) is 8.83. The number of carbonyl (C=O) groups excluding carboxylic acids is 1. The SMILES string of the molecule is Cc1c(C(=O)Nc2cccc(S(=O)(=O)N(C)C)c2)cnn1-c1ccc(C(F)(F)F)cn1. The average molecular weight is 453 g/mol. The molecule has 31 heavy (non-hydrogen) atoms. The smallest absolute Gasteiger partial charge is 0.322 e. The van der Waals surface area contributed by atoms with E-state index in [1.165, 1.54) is 49.2 Å². The molecule has 0 saturated heterocycles. The number of aromatic nitrogens is 3. The van der Waals surface area contributed by atoms with Crippen LogP contribution in [0.25, 0.3) is 5.82 Å². The molecular formula is C19H18F3N5O3S. The van der Waals surface area contributed by atoms with Crippen LogP contribution in [-0.4, -0.2) is 47.5 Å². The lowest BCUT2D eigenvalue weighted by Crippen LogP contribution is -2.22. The molecule has 3 rings (SSSR count). The Labute approximate surface area is 176 Å². The van der Waals surface area contributed by atoms with Crippen LogP contribution < -0.4 is 5.32 Å². The van der Waals surface area contributed by atoms with Crippen LogP contribution >= 0.6 is 0 Å². The molecule has 0 bridgehead atoms. The lowest BCUT2D eigenvalue weighted by atomic mass is 10.2. The van der Waals surface area contributed by atoms with Gasteiger partial charge in [0.1, 0.15) is 0 Å². The highest BCUT2D eigenvalue weighted by molar-refractivity contribution is 7.89. The van der Waals surface area contributed by atoms with Crippen LogP contribution in [0.1, 0.15) is 21.6 Å². The molecule has 1 N–H and O–H groups in total. The third-order valence-electron chi connectivity index (χ3n) is 4.42. The molecule has 0 saturated carbocycles. The summed E-state index contributed by atoms with van der Waals surface area (Å²) in [5, 5.41) is 6.63. The van der Waals surface area contributed by atoms with Crippen molar-refractivity contribution in [2.75, 3.05) is 19.4 Å². The molecule has 0 aliphatic heterocycles. The molecule has 0 radical (unpaired) electrons. The standard InChI is InChI=1S/C19H18F3N5O3S/c1-12-16(11-24-27(12)17-8-7-13(10-23-17)19(20,21)22)18(28)25-14-5-4-6-15(9-14)31(29,30)26(2)3/h4-11H,1-3H3,(H,25,28). The summed E-state index contributed by atoms with van der Waals surface area (Å²) in [6.07, 6.45) is -2.57. The molecule has 0 aliphatic carbocycles. The van der Waals surface area contributed by atoms with Gasteiger partial charge < -0.3 is 5.32 Å². The number of benzene rings is 1. The zero-order valence-corrected chi connectivity index (χ0v) is 17.5. The maximum Gasteiger partial charge on any atom is 0.417 e. The molecule has 8 nitrogen and oxygen atoms in total. The van der Waals surface area contributed by atoms with Crippen molar-refractivity contribution in [3.8, 4) is 5.82 Å². The Morgan fingerprint density at radius 2 is 1.84 bits per heavy atom. The lowest BCUT2D eigenvalue weighted by molar-refractivity contribution is -0.137. The second-order valence-corrected chi connectivity index (χ2v) is 8.88. The van der Waals surface area contributed by atoms with Crippen molar-refractivity contribution in [2.45, 2.75) is 18.0 Å². The number of nitrogens with one attached hydrogen (secondary N) is 1. The summed E-state index contributed by atoms with van der Waals surface area (Å²) in [6, 6.07) is 7.78. The van der Waals surface area contributed by atoms with E-state index in [0.717, 1.165) is 16.4 Å². The minimum atomic E-state index is -4.51. The summed E-state index contributed by atoms with van der Waals surface area (Å²) in [5.74, 6) is -0.446. The van der Waals surface area contributed by atoms with Gasteiger partial charge in [-0.2, -0.15) is 18.3 Å². The van der Waals surface area contributed by atoms with Crippen LogP contribution in [0.4, 0.5) is 18.9 Å². The second-order valence-electron chi connectivity index (χ2n) is 6.73. The Balaban J connectivity index is 1.84. The largest absolute Gasteiger partial charge is 0.417 e. The van der Waals surface area contributed by atoms with Gasteiger partial charge in [0, 0.05) is 26.0 Å². The van der Waals surface area contributed by atoms with Gasteiger partial charge in [-0.1, -0.05) is 6.07 Å². The van der Waals surface area contributed by atoms with Crippen LogP contribution in [0.5, 0.6) is 0 Å². The maximum absolute atomic E-state index is 12.7. The number of sulfonamides is 1. The first-order chi connectivity index (χ1) is 14.4. The molecule has 0 unspecified atom stereocenters. The number of carbonyl (C=O) groups is 1. The highest BCUT2D eigenvalue weighted by Crippen LogP contribution is 2.29. The minimum absolute atomic E-state index is 0.0108. The van der Waals surface area contributed by atoms with Gasteiger partial charge in [0.25, 0.3) is 5.91 Å². The monoisotopic (exact) mass is 453 g/mol. The summed E-state index contributed by atoms with van der Waals surface area (Å²) in [5.41, 5.74) is -0.135. The van der Waals surface area contributed by atoms with E-state index in [0.29, 0.717) is 11.9 Å². The van der Waals surface area contributed by atoms with Gasteiger partial charge in [0.2, 0.25) is 10.0 Å². The number of nitrogens with zero attached hydrogens (tertiary/aromatic N) is 4. The van der Waals surface area contributed by atoms with E-state index >= 15 is 0 Å². The van der Waals surface area contributed by atoms with E-state index in [4.69, 9.17) is 0 Å². The van der Waals surface area contributed by atoms with Crippen LogP contribution in [0.2, 0.25) is 0 Å². The Hall–Kier alpha value is -3.25. The van der Waals surface area contributed by atoms with E-state index in [1.54, 1.807) is 6.92 Å². The van der Waals surface area contributed by atoms with Gasteiger partial charge in [-0.15, -0.1) is 0 Å². The van der Waals surface area contributed by atoms with Gasteiger partial charge in [-0.05, 0) is 37.3 Å². The summed E-state index contributed by atoms with van der Waals surface area (Å²) in [7, 11) is -0.884. The first-order valence-corrected chi connectivity index (χ1v) is 10.3. The summed E-state index contributed by atoms with van der Waals surface area (Å²) >= 11 is 0. The fraction of sp³-hybridized carbons (Fsp3) is 0.211. The minimum Gasteiger partial charge on any atom is -0.322 e. The molecule has 1 aromatic carbocycles. The van der Waals surface area contributed by atoms with Crippen molar-refractivity contribution in [1.29, 1.82) is 0 Å². The number of hydrogen-bond donors (Lipinski definition) is 1. The van der Waals surface area contributed by atoms with Crippen LogP contribution in [-0.2, 0) is 16.2 Å². The van der Waals surface area contributed by atoms with Gasteiger partial charge in [-0.25, -0.2) is 22.4 Å². The van der Waals surface area contributed by atoms with Gasteiger partial charge in [-0.3, -0.25) is 4.79 Å². The fourth-order valence-electron chi connectivity index (χ4n) is 2.69. The third kappa shape index (κ3) is 4.59. The molecule has 0 aliphatic rings. The fourth-order valence-corrected chi connectivity index (χ4v) is 3.63. The Morgan fingerprint density at radius 3 is 2.42 bits per heavy atom. The molecule has 0 atom stereocenters. The quantitative estimate of drug-likeness (QED) is 0.640. The third-order valence-corrected chi connectivity index (χ3v) is 6.23. The zero-order chi connectivity index (χ0) is 23.0. The first kappa shape index (κ1) is 22.4. The summed E-state index contributed by atoms with van der Waals surface area (Å²) in [4.78, 5) is 16.4. The van der Waals surface area contributed by atoms with Crippen molar-refractivity contribution >= 4 is 21.6 Å². The molecule has 164 valence electrons. The number of rotatable bonds is 5. The highest BCUT2D eigenvalue weighted by atomic mass is 32.2. The molecule has 0 fully saturated rings. The molecule has 3 aromatic rings. The number of alkyl halides is 3. The molecular weight excluding hydrogens is 435 g/mol. The molecule has 0 spiro atoms. The van der Waals surface area contributed by atoms with Crippen molar-refractivity contribution in [3.05, 3.63) is 65.6 Å². The second kappa shape index (κ2) is 8.12. The Bertz CT molecular complexity index is 1220. The van der Waals surface area contributed by atoms with Crippen molar-refractivity contribution in [1.82, 2.24) is 19.1 Å². The topological polar surface area (TPSA) is 97.2 Å². The predicted octanol–water partition coefficient (Wildman–Crippen LogP) is 3.10. The van der Waals surface area contributed by atoms with Gasteiger partial charge in [0.05, 0.1) is 27.9 Å². The zero-order valence-electron chi connectivity index (χ0n) is 16.7. The predicted molar refractivity (Wildman–Crippen MR) is 106 cm³/mol. The van der Waals surface area contributed by atoms with Crippen LogP contribution in [0.3, 0.4) is 0 Å². The lowest BCUT2D eigenvalue weighted by Gasteiger charge is -2.12. The number of anilines is 1. The number of hydrogen-bond acceptors (Lipinski definition) is 5. The van der Waals surface area contributed by atoms with E-state index in [9.17, 15) is 26.4 Å². The van der Waals surface area contributed by atoms with E-state index in [1.807, 2.05) is 0 Å². The van der Waals surface area contributed by atoms with Crippen molar-refractivity contribution in [3.63, 3.8) is 0 Å². The van der Waals surface area contributed by atoms with Gasteiger partial charge in [0.15, 0.2) is 5.82 Å². The Morgan fingerprint density at radius 1 is 1.13 bits per heavy atom. The van der Waals surface area contributed by atoms with Crippen molar-refractivity contribution < 1.29 is 26.4 Å². The number of amides is 1. The molecule has 2 heterocycles. The summed E-state index contributed by atoms with van der Waals surface area (Å²) in [6.45, 7) is 1.56. The van der Waals surface area contributed by atoms with E-state index in [2.05, 4.69) is 15.4 Å². The molecule has 12 heteroatoms. The van der Waals surface area contributed by atoms with Crippen LogP contribution in [0.15, 0.2) is 53.7 Å². The van der Waals surface area contributed by atoms with E-state index < -0.39 is 27.7 Å². The Kier molecular flexibility index (Phi) is 5.87. The van der Waals surface area contributed by atoms with E-state index in [-0.39, 0.29) is 22.0 Å². The molecule has 2 aromatic heterocycles. The normalized spacial score (nSPS) is 12.2. The van der Waals surface area contributed by atoms with Crippen LogP contribution in [0, 0.1) is 6.92 Å². The number of pyridine rings is 1. The summed E-state index contributed by atoms with van der Waals surface area (Å²) < 4.78 is 64.9. The number of halogens is 3.